The molecule has 0 aliphatic rings. The molecule has 126 valence electrons. The van der Waals surface area contributed by atoms with Crippen molar-refractivity contribution in [3.63, 3.8) is 0 Å². The van der Waals surface area contributed by atoms with Gasteiger partial charge in [0.1, 0.15) is 5.75 Å². The SMILES string of the molecule is CCOc1ccc(C(=O)N/N=C/c2cccc(O)c2)cc1OCC. The number of aromatic hydroxyl groups is 1. The number of nitrogens with zero attached hydrogens (tertiary/aromatic N) is 1. The molecule has 0 unspecified atom stereocenters. The van der Waals surface area contributed by atoms with E-state index in [1.807, 2.05) is 13.8 Å². The maximum Gasteiger partial charge on any atom is 0.271 e. The zero-order valence-corrected chi connectivity index (χ0v) is 13.7. The van der Waals surface area contributed by atoms with Gasteiger partial charge in [0.15, 0.2) is 11.5 Å². The number of hydrogen-bond acceptors (Lipinski definition) is 5. The Hall–Kier alpha value is -3.02. The number of nitrogens with one attached hydrogen (secondary N) is 1. The van der Waals surface area contributed by atoms with Crippen LogP contribution in [0.4, 0.5) is 0 Å². The molecule has 0 atom stereocenters. The molecule has 0 saturated carbocycles. The Kier molecular flexibility index (Phi) is 6.19. The van der Waals surface area contributed by atoms with Crippen LogP contribution < -0.4 is 14.9 Å². The molecule has 6 heteroatoms. The fraction of sp³-hybridized carbons (Fsp3) is 0.222. The Labute approximate surface area is 140 Å². The smallest absolute Gasteiger partial charge is 0.271 e. The summed E-state index contributed by atoms with van der Waals surface area (Å²) in [6.07, 6.45) is 1.45. The predicted molar refractivity (Wildman–Crippen MR) is 91.9 cm³/mol. The average Bonchev–Trinajstić information content (AvgIpc) is 2.57. The first kappa shape index (κ1) is 17.3. The van der Waals surface area contributed by atoms with Crippen LogP contribution in [0.3, 0.4) is 0 Å². The van der Waals surface area contributed by atoms with Gasteiger partial charge in [-0.15, -0.1) is 0 Å². The van der Waals surface area contributed by atoms with E-state index in [1.54, 1.807) is 42.5 Å². The summed E-state index contributed by atoms with van der Waals surface area (Å²) >= 11 is 0. The van der Waals surface area contributed by atoms with Crippen molar-refractivity contribution in [1.82, 2.24) is 5.43 Å². The highest BCUT2D eigenvalue weighted by atomic mass is 16.5. The molecule has 0 fully saturated rings. The highest BCUT2D eigenvalue weighted by Gasteiger charge is 2.11. The second kappa shape index (κ2) is 8.57. The van der Waals surface area contributed by atoms with Gasteiger partial charge >= 0.3 is 0 Å². The van der Waals surface area contributed by atoms with Crippen molar-refractivity contribution in [3.05, 3.63) is 53.6 Å². The summed E-state index contributed by atoms with van der Waals surface area (Å²) in [4.78, 5) is 12.2. The quantitative estimate of drug-likeness (QED) is 0.605. The van der Waals surface area contributed by atoms with E-state index in [9.17, 15) is 9.90 Å². The number of rotatable bonds is 7. The van der Waals surface area contributed by atoms with Crippen molar-refractivity contribution in [1.29, 1.82) is 0 Å². The van der Waals surface area contributed by atoms with Gasteiger partial charge in [0.05, 0.1) is 19.4 Å². The molecule has 6 nitrogen and oxygen atoms in total. The first-order valence-corrected chi connectivity index (χ1v) is 7.66. The molecule has 0 saturated heterocycles. The molecule has 0 heterocycles. The number of phenolic OH excluding ortho intramolecular Hbond substituents is 1. The van der Waals surface area contributed by atoms with E-state index in [2.05, 4.69) is 10.5 Å². The van der Waals surface area contributed by atoms with Crippen LogP contribution in [-0.2, 0) is 0 Å². The van der Waals surface area contributed by atoms with Crippen LogP contribution in [0.5, 0.6) is 17.2 Å². The normalized spacial score (nSPS) is 10.6. The predicted octanol–water partition coefficient (Wildman–Crippen LogP) is 2.95. The van der Waals surface area contributed by atoms with Gasteiger partial charge in [0, 0.05) is 5.56 Å². The third-order valence-electron chi connectivity index (χ3n) is 3.06. The molecule has 0 bridgehead atoms. The Morgan fingerprint density at radius 3 is 2.58 bits per heavy atom. The monoisotopic (exact) mass is 328 g/mol. The standard InChI is InChI=1S/C18H20N2O4/c1-3-23-16-9-8-14(11-17(16)24-4-2)18(22)20-19-12-13-6-5-7-15(21)10-13/h5-12,21H,3-4H2,1-2H3,(H,20,22)/b19-12+. The van der Waals surface area contributed by atoms with E-state index < -0.39 is 0 Å². The van der Waals surface area contributed by atoms with E-state index in [1.165, 1.54) is 6.21 Å². The Morgan fingerprint density at radius 1 is 1.12 bits per heavy atom. The molecular weight excluding hydrogens is 308 g/mol. The van der Waals surface area contributed by atoms with Crippen molar-refractivity contribution in [2.24, 2.45) is 5.10 Å². The number of carbonyl (C=O) groups excluding carboxylic acids is 1. The van der Waals surface area contributed by atoms with E-state index in [0.29, 0.717) is 35.8 Å². The van der Waals surface area contributed by atoms with Gasteiger partial charge in [-0.3, -0.25) is 4.79 Å². The molecule has 0 radical (unpaired) electrons. The highest BCUT2D eigenvalue weighted by molar-refractivity contribution is 5.95. The van der Waals surface area contributed by atoms with Crippen LogP contribution in [0.2, 0.25) is 0 Å². The molecule has 2 N–H and O–H groups in total. The molecule has 0 aliphatic heterocycles. The number of carbonyl (C=O) groups is 1. The minimum Gasteiger partial charge on any atom is -0.508 e. The van der Waals surface area contributed by atoms with Crippen LogP contribution in [0.15, 0.2) is 47.6 Å². The van der Waals surface area contributed by atoms with Crippen molar-refractivity contribution >= 4 is 12.1 Å². The van der Waals surface area contributed by atoms with Gasteiger partial charge < -0.3 is 14.6 Å². The molecule has 2 aromatic rings. The number of benzene rings is 2. The maximum absolute atomic E-state index is 12.2. The lowest BCUT2D eigenvalue weighted by atomic mass is 10.2. The maximum atomic E-state index is 12.2. The van der Waals surface area contributed by atoms with Crippen LogP contribution in [-0.4, -0.2) is 30.4 Å². The van der Waals surface area contributed by atoms with Gasteiger partial charge in [0.2, 0.25) is 0 Å². The molecule has 0 spiro atoms. The molecule has 0 aliphatic carbocycles. The number of amides is 1. The van der Waals surface area contributed by atoms with Gasteiger partial charge in [-0.1, -0.05) is 12.1 Å². The number of phenols is 1. The van der Waals surface area contributed by atoms with Gasteiger partial charge in [-0.05, 0) is 49.7 Å². The van der Waals surface area contributed by atoms with Crippen molar-refractivity contribution < 1.29 is 19.4 Å². The van der Waals surface area contributed by atoms with Crippen LogP contribution >= 0.6 is 0 Å². The van der Waals surface area contributed by atoms with Crippen LogP contribution in [0.1, 0.15) is 29.8 Å². The second-order valence-corrected chi connectivity index (χ2v) is 4.82. The minimum atomic E-state index is -0.365. The molecular formula is C18H20N2O4. The Balaban J connectivity index is 2.07. The summed E-state index contributed by atoms with van der Waals surface area (Å²) in [5.41, 5.74) is 3.53. The first-order valence-electron chi connectivity index (χ1n) is 7.66. The fourth-order valence-corrected chi connectivity index (χ4v) is 2.03. The summed E-state index contributed by atoms with van der Waals surface area (Å²) in [6.45, 7) is 4.73. The number of ether oxygens (including phenoxy) is 2. The summed E-state index contributed by atoms with van der Waals surface area (Å²) < 4.78 is 11.0. The van der Waals surface area contributed by atoms with Crippen LogP contribution in [0.25, 0.3) is 0 Å². The lowest BCUT2D eigenvalue weighted by Crippen LogP contribution is -2.17. The van der Waals surface area contributed by atoms with Crippen LogP contribution in [0, 0.1) is 0 Å². The van der Waals surface area contributed by atoms with Crippen molar-refractivity contribution in [3.8, 4) is 17.2 Å². The number of hydrogen-bond donors (Lipinski definition) is 2. The topological polar surface area (TPSA) is 80.2 Å². The molecule has 2 rings (SSSR count). The summed E-state index contributed by atoms with van der Waals surface area (Å²) in [5, 5.41) is 13.3. The van der Waals surface area contributed by atoms with Crippen molar-refractivity contribution in [2.75, 3.05) is 13.2 Å². The zero-order chi connectivity index (χ0) is 17.4. The van der Waals surface area contributed by atoms with E-state index in [-0.39, 0.29) is 11.7 Å². The summed E-state index contributed by atoms with van der Waals surface area (Å²) in [7, 11) is 0. The largest absolute Gasteiger partial charge is 0.508 e. The van der Waals surface area contributed by atoms with E-state index >= 15 is 0 Å². The van der Waals surface area contributed by atoms with E-state index in [0.717, 1.165) is 0 Å². The van der Waals surface area contributed by atoms with Gasteiger partial charge in [-0.2, -0.15) is 5.10 Å². The third-order valence-corrected chi connectivity index (χ3v) is 3.06. The lowest BCUT2D eigenvalue weighted by Gasteiger charge is -2.11. The minimum absolute atomic E-state index is 0.137. The third kappa shape index (κ3) is 4.74. The summed E-state index contributed by atoms with van der Waals surface area (Å²) in [6, 6.07) is 11.5. The van der Waals surface area contributed by atoms with Gasteiger partial charge in [-0.25, -0.2) is 5.43 Å². The number of hydrazone groups is 1. The van der Waals surface area contributed by atoms with Gasteiger partial charge in [0.25, 0.3) is 5.91 Å². The Bertz CT molecular complexity index is 729. The Morgan fingerprint density at radius 2 is 1.88 bits per heavy atom. The summed E-state index contributed by atoms with van der Waals surface area (Å²) in [5.74, 6) is 0.886. The highest BCUT2D eigenvalue weighted by Crippen LogP contribution is 2.28. The van der Waals surface area contributed by atoms with E-state index in [4.69, 9.17) is 9.47 Å². The second-order valence-electron chi connectivity index (χ2n) is 4.82. The van der Waals surface area contributed by atoms with Crippen molar-refractivity contribution in [2.45, 2.75) is 13.8 Å². The molecule has 2 aromatic carbocycles. The molecule has 1 amide bonds. The zero-order valence-electron chi connectivity index (χ0n) is 13.7. The average molecular weight is 328 g/mol. The molecule has 0 aromatic heterocycles. The lowest BCUT2D eigenvalue weighted by molar-refractivity contribution is 0.0954. The molecule has 24 heavy (non-hydrogen) atoms. The first-order chi connectivity index (χ1) is 11.6. The fourth-order valence-electron chi connectivity index (χ4n) is 2.03.